The molecule has 2 bridgehead atoms. The Labute approximate surface area is 130 Å². The number of benzene rings is 1. The lowest BCUT2D eigenvalue weighted by atomic mass is 9.84. The van der Waals surface area contributed by atoms with Crippen LogP contribution in [0.2, 0.25) is 0 Å². The van der Waals surface area contributed by atoms with Gasteiger partial charge in [-0.15, -0.1) is 0 Å². The molecule has 0 aliphatic carbocycles. The Morgan fingerprint density at radius 1 is 1.32 bits per heavy atom. The van der Waals surface area contributed by atoms with Crippen molar-refractivity contribution in [3.63, 3.8) is 0 Å². The van der Waals surface area contributed by atoms with E-state index in [0.717, 1.165) is 18.4 Å². The van der Waals surface area contributed by atoms with E-state index in [4.69, 9.17) is 14.2 Å². The van der Waals surface area contributed by atoms with E-state index in [0.29, 0.717) is 0 Å². The van der Waals surface area contributed by atoms with Crippen molar-refractivity contribution in [2.45, 2.75) is 37.7 Å². The Hall–Kier alpha value is -2.01. The maximum Gasteiger partial charge on any atom is 0.407 e. The van der Waals surface area contributed by atoms with Gasteiger partial charge in [-0.05, 0) is 24.5 Å². The summed E-state index contributed by atoms with van der Waals surface area (Å²) in [6, 6.07) is 9.59. The van der Waals surface area contributed by atoms with Crippen LogP contribution in [0.4, 0.5) is 4.79 Å². The maximum absolute atomic E-state index is 12.0. The average Bonchev–Trinajstić information content (AvgIpc) is 3.14. The molecular weight excluding hydrogens is 282 g/mol. The Morgan fingerprint density at radius 2 is 2.09 bits per heavy atom. The monoisotopic (exact) mass is 303 g/mol. The van der Waals surface area contributed by atoms with Crippen LogP contribution in [0.25, 0.3) is 0 Å². The van der Waals surface area contributed by atoms with E-state index in [1.165, 1.54) is 0 Å². The number of fused-ring (bicyclic) bond motifs is 2. The molecule has 2 aliphatic rings. The molecule has 1 N–H and O–H groups in total. The normalized spacial score (nSPS) is 29.7. The van der Waals surface area contributed by atoms with Gasteiger partial charge in [0.05, 0.1) is 31.6 Å². The van der Waals surface area contributed by atoms with E-state index in [9.17, 15) is 4.79 Å². The Kier molecular flexibility index (Phi) is 4.63. The highest BCUT2D eigenvalue weighted by molar-refractivity contribution is 5.68. The average molecular weight is 303 g/mol. The number of ether oxygens (including phenoxy) is 3. The van der Waals surface area contributed by atoms with Crippen molar-refractivity contribution in [3.8, 4) is 0 Å². The molecule has 2 aliphatic heterocycles. The smallest absolute Gasteiger partial charge is 0.407 e. The molecule has 0 radical (unpaired) electrons. The molecule has 2 heterocycles. The molecule has 1 aromatic rings. The van der Waals surface area contributed by atoms with Gasteiger partial charge in [-0.3, -0.25) is 0 Å². The SMILES string of the molecule is CO/C=C/C1C2CCC(O2)C1NC(=O)OCc1ccccc1. The first-order valence-electron chi connectivity index (χ1n) is 7.60. The molecule has 1 amide bonds. The molecule has 1 aromatic carbocycles. The standard InChI is InChI=1S/C17H21NO4/c1-20-10-9-13-14-7-8-15(22-14)16(13)18-17(19)21-11-12-5-3-2-4-6-12/h2-6,9-10,13-16H,7-8,11H2,1H3,(H,18,19)/b10-9+. The quantitative estimate of drug-likeness (QED) is 0.850. The van der Waals surface area contributed by atoms with Crippen molar-refractivity contribution in [3.05, 3.63) is 48.2 Å². The van der Waals surface area contributed by atoms with Gasteiger partial charge >= 0.3 is 6.09 Å². The van der Waals surface area contributed by atoms with Crippen molar-refractivity contribution < 1.29 is 19.0 Å². The maximum atomic E-state index is 12.0. The summed E-state index contributed by atoms with van der Waals surface area (Å²) in [6.07, 6.45) is 5.45. The van der Waals surface area contributed by atoms with Crippen LogP contribution in [-0.2, 0) is 20.8 Å². The summed E-state index contributed by atoms with van der Waals surface area (Å²) in [5, 5.41) is 2.95. The molecule has 5 heteroatoms. The highest BCUT2D eigenvalue weighted by Gasteiger charge is 2.48. The van der Waals surface area contributed by atoms with E-state index >= 15 is 0 Å². The minimum atomic E-state index is -0.402. The van der Waals surface area contributed by atoms with Crippen LogP contribution in [-0.4, -0.2) is 31.5 Å². The first kappa shape index (κ1) is 14.9. The van der Waals surface area contributed by atoms with Gasteiger partial charge in [0.1, 0.15) is 6.61 Å². The van der Waals surface area contributed by atoms with Crippen LogP contribution >= 0.6 is 0 Å². The van der Waals surface area contributed by atoms with Gasteiger partial charge in [-0.25, -0.2) is 4.79 Å². The van der Waals surface area contributed by atoms with Crippen LogP contribution in [0.5, 0.6) is 0 Å². The minimum Gasteiger partial charge on any atom is -0.505 e. The predicted octanol–water partition coefficient (Wildman–Crippen LogP) is 2.62. The largest absolute Gasteiger partial charge is 0.505 e. The molecule has 22 heavy (non-hydrogen) atoms. The lowest BCUT2D eigenvalue weighted by Crippen LogP contribution is -2.46. The summed E-state index contributed by atoms with van der Waals surface area (Å²) < 4.78 is 16.2. The second kappa shape index (κ2) is 6.83. The van der Waals surface area contributed by atoms with Gasteiger partial charge in [0, 0.05) is 5.92 Å². The summed E-state index contributed by atoms with van der Waals surface area (Å²) in [5.74, 6) is 0.142. The van der Waals surface area contributed by atoms with Crippen LogP contribution in [0.3, 0.4) is 0 Å². The molecule has 3 rings (SSSR count). The third kappa shape index (κ3) is 3.25. The molecule has 4 unspecified atom stereocenters. The Morgan fingerprint density at radius 3 is 2.86 bits per heavy atom. The first-order chi connectivity index (χ1) is 10.8. The van der Waals surface area contributed by atoms with Crippen molar-refractivity contribution >= 4 is 6.09 Å². The van der Waals surface area contributed by atoms with Gasteiger partial charge in [0.25, 0.3) is 0 Å². The van der Waals surface area contributed by atoms with E-state index in [1.807, 2.05) is 36.4 Å². The van der Waals surface area contributed by atoms with E-state index in [2.05, 4.69) is 5.32 Å². The van der Waals surface area contributed by atoms with Gasteiger partial charge in [0.15, 0.2) is 0 Å². The number of carbonyl (C=O) groups excluding carboxylic acids is 1. The van der Waals surface area contributed by atoms with Crippen LogP contribution in [0.15, 0.2) is 42.7 Å². The Balaban J connectivity index is 1.54. The zero-order chi connectivity index (χ0) is 15.4. The number of hydrogen-bond acceptors (Lipinski definition) is 4. The number of alkyl carbamates (subject to hydrolysis) is 1. The van der Waals surface area contributed by atoms with Gasteiger partial charge in [-0.2, -0.15) is 0 Å². The third-order valence-corrected chi connectivity index (χ3v) is 4.26. The highest BCUT2D eigenvalue weighted by atomic mass is 16.6. The number of carbonyl (C=O) groups is 1. The molecule has 0 aromatic heterocycles. The number of amides is 1. The molecule has 118 valence electrons. The van der Waals surface area contributed by atoms with E-state index in [1.54, 1.807) is 13.4 Å². The van der Waals surface area contributed by atoms with Crippen molar-refractivity contribution in [1.82, 2.24) is 5.32 Å². The van der Waals surface area contributed by atoms with Crippen molar-refractivity contribution in [2.75, 3.05) is 7.11 Å². The van der Waals surface area contributed by atoms with E-state index < -0.39 is 6.09 Å². The fraction of sp³-hybridized carbons (Fsp3) is 0.471. The second-order valence-electron chi connectivity index (χ2n) is 5.66. The minimum absolute atomic E-state index is 0.0478. The summed E-state index contributed by atoms with van der Waals surface area (Å²) in [4.78, 5) is 12.0. The fourth-order valence-corrected chi connectivity index (χ4v) is 3.22. The summed E-state index contributed by atoms with van der Waals surface area (Å²) in [6.45, 7) is 0.271. The summed E-state index contributed by atoms with van der Waals surface area (Å²) >= 11 is 0. The van der Waals surface area contributed by atoms with E-state index in [-0.39, 0.29) is 30.8 Å². The van der Waals surface area contributed by atoms with Crippen LogP contribution in [0.1, 0.15) is 18.4 Å². The zero-order valence-electron chi connectivity index (χ0n) is 12.6. The zero-order valence-corrected chi connectivity index (χ0v) is 12.6. The molecule has 2 saturated heterocycles. The predicted molar refractivity (Wildman–Crippen MR) is 81.1 cm³/mol. The lowest BCUT2D eigenvalue weighted by Gasteiger charge is -2.26. The first-order valence-corrected chi connectivity index (χ1v) is 7.60. The molecule has 0 spiro atoms. The molecule has 0 saturated carbocycles. The molecule has 4 atom stereocenters. The number of methoxy groups -OCH3 is 1. The van der Waals surface area contributed by atoms with Crippen LogP contribution in [0, 0.1) is 5.92 Å². The fourth-order valence-electron chi connectivity index (χ4n) is 3.22. The van der Waals surface area contributed by atoms with Gasteiger partial charge < -0.3 is 19.5 Å². The number of hydrogen-bond donors (Lipinski definition) is 1. The molecule has 5 nitrogen and oxygen atoms in total. The summed E-state index contributed by atoms with van der Waals surface area (Å²) in [7, 11) is 1.61. The summed E-state index contributed by atoms with van der Waals surface area (Å²) in [5.41, 5.74) is 0.970. The molecule has 2 fully saturated rings. The Bertz CT molecular complexity index is 531. The highest BCUT2D eigenvalue weighted by Crippen LogP contribution is 2.39. The van der Waals surface area contributed by atoms with Gasteiger partial charge in [0.2, 0.25) is 0 Å². The second-order valence-corrected chi connectivity index (χ2v) is 5.66. The topological polar surface area (TPSA) is 56.8 Å². The lowest BCUT2D eigenvalue weighted by molar-refractivity contribution is 0.0899. The number of nitrogens with one attached hydrogen (secondary N) is 1. The molecular formula is C17H21NO4. The van der Waals surface area contributed by atoms with Crippen molar-refractivity contribution in [1.29, 1.82) is 0 Å². The number of rotatable bonds is 5. The van der Waals surface area contributed by atoms with Gasteiger partial charge in [-0.1, -0.05) is 30.3 Å². The van der Waals surface area contributed by atoms with Crippen LogP contribution < -0.4 is 5.32 Å². The van der Waals surface area contributed by atoms with Crippen molar-refractivity contribution in [2.24, 2.45) is 5.92 Å². The third-order valence-electron chi connectivity index (χ3n) is 4.26.